The summed E-state index contributed by atoms with van der Waals surface area (Å²) in [6.07, 6.45) is 5.75. The van der Waals surface area contributed by atoms with Crippen molar-refractivity contribution in [2.24, 2.45) is 11.1 Å². The average Bonchev–Trinajstić information content (AvgIpc) is 2.83. The Morgan fingerprint density at radius 1 is 1.29 bits per heavy atom. The van der Waals surface area contributed by atoms with Crippen LogP contribution in [-0.2, 0) is 0 Å². The maximum absolute atomic E-state index is 8.85. The Kier molecular flexibility index (Phi) is 4.92. The molecule has 2 rings (SSSR count). The normalized spacial score (nSPS) is 22.1. The molecule has 1 aliphatic carbocycles. The van der Waals surface area contributed by atoms with Crippen LogP contribution in [0.4, 0.5) is 0 Å². The van der Waals surface area contributed by atoms with Crippen molar-refractivity contribution >= 4 is 17.5 Å². The summed E-state index contributed by atoms with van der Waals surface area (Å²) in [5.74, 6) is 1.69. The molecule has 0 radical (unpaired) electrons. The van der Waals surface area contributed by atoms with Gasteiger partial charge in [-0.1, -0.05) is 23.4 Å². The number of oxime groups is 1. The minimum atomic E-state index is 0.538. The van der Waals surface area contributed by atoms with Gasteiger partial charge in [-0.2, -0.15) is 0 Å². The summed E-state index contributed by atoms with van der Waals surface area (Å²) >= 11 is 1.91. The summed E-state index contributed by atoms with van der Waals surface area (Å²) in [6.45, 7) is 0. The van der Waals surface area contributed by atoms with E-state index >= 15 is 0 Å². The van der Waals surface area contributed by atoms with E-state index in [1.807, 2.05) is 17.8 Å². The molecular weight excluding hydrogens is 230 g/mol. The zero-order chi connectivity index (χ0) is 11.9. The molecule has 1 aromatic rings. The monoisotopic (exact) mass is 249 g/mol. The van der Waals surface area contributed by atoms with Crippen molar-refractivity contribution in [1.29, 1.82) is 0 Å². The van der Waals surface area contributed by atoms with Gasteiger partial charge in [-0.25, -0.2) is 0 Å². The highest BCUT2D eigenvalue weighted by Gasteiger charge is 2.22. The molecule has 0 spiro atoms. The molecule has 1 fully saturated rings. The lowest BCUT2D eigenvalue weighted by atomic mass is 10.0. The molecule has 1 aliphatic rings. The minimum Gasteiger partial charge on any atom is -0.411 e. The minimum absolute atomic E-state index is 0.538. The fourth-order valence-electron chi connectivity index (χ4n) is 2.38. The van der Waals surface area contributed by atoms with E-state index in [2.05, 4.69) is 29.4 Å². The van der Waals surface area contributed by atoms with Gasteiger partial charge in [0.25, 0.3) is 0 Å². The van der Waals surface area contributed by atoms with Gasteiger partial charge in [0.2, 0.25) is 0 Å². The molecule has 1 aromatic carbocycles. The van der Waals surface area contributed by atoms with Gasteiger partial charge in [0.15, 0.2) is 0 Å². The van der Waals surface area contributed by atoms with Gasteiger partial charge in [-0.05, 0) is 50.0 Å². The third kappa shape index (κ3) is 3.77. The topological polar surface area (TPSA) is 32.6 Å². The standard InChI is InChI=1S/C14H19NOS/c16-15-14-10-4-6-12(14)7-5-11-17-13-8-2-1-3-9-13/h1-3,8-9,12,16H,4-7,10-11H2/b15-14-. The number of nitrogens with zero attached hydrogens (tertiary/aromatic N) is 1. The van der Waals surface area contributed by atoms with Crippen LogP contribution in [-0.4, -0.2) is 16.7 Å². The molecule has 0 aliphatic heterocycles. The first kappa shape index (κ1) is 12.5. The molecule has 1 N–H and O–H groups in total. The Morgan fingerprint density at radius 3 is 2.88 bits per heavy atom. The SMILES string of the molecule is O/N=C1/CCCC1CCCSc1ccccc1. The highest BCUT2D eigenvalue weighted by molar-refractivity contribution is 7.99. The quantitative estimate of drug-likeness (QED) is 0.367. The second kappa shape index (κ2) is 6.70. The van der Waals surface area contributed by atoms with Crippen molar-refractivity contribution in [3.8, 4) is 0 Å². The van der Waals surface area contributed by atoms with E-state index in [0.717, 1.165) is 17.9 Å². The Labute approximate surface area is 107 Å². The lowest BCUT2D eigenvalue weighted by molar-refractivity contribution is 0.314. The smallest absolute Gasteiger partial charge is 0.0601 e. The van der Waals surface area contributed by atoms with Crippen LogP contribution in [0.2, 0.25) is 0 Å². The zero-order valence-electron chi connectivity index (χ0n) is 10.0. The summed E-state index contributed by atoms with van der Waals surface area (Å²) in [4.78, 5) is 1.34. The van der Waals surface area contributed by atoms with Crippen molar-refractivity contribution in [2.45, 2.75) is 37.0 Å². The first-order valence-electron chi connectivity index (χ1n) is 6.29. The van der Waals surface area contributed by atoms with Crippen LogP contribution in [0.5, 0.6) is 0 Å². The molecule has 2 nitrogen and oxygen atoms in total. The van der Waals surface area contributed by atoms with Gasteiger partial charge in [0, 0.05) is 10.8 Å². The number of thioether (sulfide) groups is 1. The van der Waals surface area contributed by atoms with Crippen LogP contribution in [0, 0.1) is 5.92 Å². The molecule has 1 atom stereocenters. The molecule has 1 saturated carbocycles. The van der Waals surface area contributed by atoms with Crippen LogP contribution < -0.4 is 0 Å². The number of hydrogen-bond acceptors (Lipinski definition) is 3. The molecule has 0 bridgehead atoms. The maximum atomic E-state index is 8.85. The van der Waals surface area contributed by atoms with Crippen LogP contribution >= 0.6 is 11.8 Å². The highest BCUT2D eigenvalue weighted by atomic mass is 32.2. The lowest BCUT2D eigenvalue weighted by Crippen LogP contribution is -2.07. The van der Waals surface area contributed by atoms with Crippen LogP contribution in [0.25, 0.3) is 0 Å². The summed E-state index contributed by atoms with van der Waals surface area (Å²) in [5.41, 5.74) is 1.02. The first-order valence-corrected chi connectivity index (χ1v) is 7.27. The third-order valence-corrected chi connectivity index (χ3v) is 4.39. The molecule has 92 valence electrons. The van der Waals surface area contributed by atoms with Crippen molar-refractivity contribution in [3.63, 3.8) is 0 Å². The third-order valence-electron chi connectivity index (χ3n) is 3.29. The molecular formula is C14H19NOS. The van der Waals surface area contributed by atoms with Crippen molar-refractivity contribution in [2.75, 3.05) is 5.75 Å². The van der Waals surface area contributed by atoms with Gasteiger partial charge < -0.3 is 5.21 Å². The van der Waals surface area contributed by atoms with Crippen molar-refractivity contribution in [1.82, 2.24) is 0 Å². The summed E-state index contributed by atoms with van der Waals surface area (Å²) in [6, 6.07) is 10.5. The predicted octanol–water partition coefficient (Wildman–Crippen LogP) is 4.19. The lowest BCUT2D eigenvalue weighted by Gasteiger charge is -2.09. The van der Waals surface area contributed by atoms with Gasteiger partial charge in [0.1, 0.15) is 0 Å². The predicted molar refractivity (Wildman–Crippen MR) is 73.0 cm³/mol. The van der Waals surface area contributed by atoms with E-state index in [-0.39, 0.29) is 0 Å². The second-order valence-corrected chi connectivity index (χ2v) is 5.65. The van der Waals surface area contributed by atoms with E-state index in [9.17, 15) is 0 Å². The van der Waals surface area contributed by atoms with Crippen molar-refractivity contribution in [3.05, 3.63) is 30.3 Å². The first-order chi connectivity index (χ1) is 8.40. The molecule has 0 saturated heterocycles. The molecule has 0 heterocycles. The fourth-order valence-corrected chi connectivity index (χ4v) is 3.28. The van der Waals surface area contributed by atoms with E-state index in [1.165, 1.54) is 30.6 Å². The fraction of sp³-hybridized carbons (Fsp3) is 0.500. The van der Waals surface area contributed by atoms with Crippen LogP contribution in [0.1, 0.15) is 32.1 Å². The van der Waals surface area contributed by atoms with Gasteiger partial charge in [0.05, 0.1) is 5.71 Å². The molecule has 0 aromatic heterocycles. The van der Waals surface area contributed by atoms with E-state index < -0.39 is 0 Å². The molecule has 17 heavy (non-hydrogen) atoms. The van der Waals surface area contributed by atoms with Crippen molar-refractivity contribution < 1.29 is 5.21 Å². The Morgan fingerprint density at radius 2 is 2.12 bits per heavy atom. The maximum Gasteiger partial charge on any atom is 0.0601 e. The van der Waals surface area contributed by atoms with E-state index in [1.54, 1.807) is 0 Å². The molecule has 1 unspecified atom stereocenters. The van der Waals surface area contributed by atoms with Crippen LogP contribution in [0.15, 0.2) is 40.4 Å². The average molecular weight is 249 g/mol. The summed E-state index contributed by atoms with van der Waals surface area (Å²) in [7, 11) is 0. The summed E-state index contributed by atoms with van der Waals surface area (Å²) in [5, 5.41) is 12.3. The zero-order valence-corrected chi connectivity index (χ0v) is 10.8. The number of rotatable bonds is 5. The van der Waals surface area contributed by atoms with Gasteiger partial charge in [-0.15, -0.1) is 11.8 Å². The largest absolute Gasteiger partial charge is 0.411 e. The van der Waals surface area contributed by atoms with Gasteiger partial charge in [-0.3, -0.25) is 0 Å². The van der Waals surface area contributed by atoms with E-state index in [4.69, 9.17) is 5.21 Å². The van der Waals surface area contributed by atoms with Gasteiger partial charge >= 0.3 is 0 Å². The molecule has 3 heteroatoms. The number of benzene rings is 1. The Hall–Kier alpha value is -0.960. The van der Waals surface area contributed by atoms with Crippen LogP contribution in [0.3, 0.4) is 0 Å². The highest BCUT2D eigenvalue weighted by Crippen LogP contribution is 2.28. The summed E-state index contributed by atoms with van der Waals surface area (Å²) < 4.78 is 0. The van der Waals surface area contributed by atoms with E-state index in [0.29, 0.717) is 5.92 Å². The molecule has 0 amide bonds. The Balaban J connectivity index is 1.67. The second-order valence-electron chi connectivity index (χ2n) is 4.48. The number of hydrogen-bond donors (Lipinski definition) is 1. The Bertz CT molecular complexity index is 364.